The van der Waals surface area contributed by atoms with Crippen LogP contribution in [0.1, 0.15) is 11.1 Å². The van der Waals surface area contributed by atoms with Crippen molar-refractivity contribution in [3.05, 3.63) is 77.2 Å². The second-order valence-corrected chi connectivity index (χ2v) is 9.23. The molecule has 3 aromatic rings. The van der Waals surface area contributed by atoms with Gasteiger partial charge in [-0.3, -0.25) is 9.10 Å². The molecule has 1 N–H and O–H groups in total. The lowest BCUT2D eigenvalue weighted by Gasteiger charge is -2.23. The smallest absolute Gasteiger partial charge is 0.274 e. The Kier molecular flexibility index (Phi) is 5.62. The molecule has 0 saturated heterocycles. The van der Waals surface area contributed by atoms with Gasteiger partial charge in [-0.2, -0.15) is 0 Å². The molecule has 0 aliphatic rings. The first kappa shape index (κ1) is 19.1. The van der Waals surface area contributed by atoms with Gasteiger partial charge in [0.15, 0.2) is 0 Å². The Labute approximate surface area is 163 Å². The third-order valence-corrected chi connectivity index (χ3v) is 7.13. The van der Waals surface area contributed by atoms with E-state index in [1.165, 1.54) is 0 Å². The second kappa shape index (κ2) is 7.94. The molecule has 0 aliphatic carbocycles. The normalized spacial score (nSPS) is 11.2. The highest BCUT2D eigenvalue weighted by molar-refractivity contribution is 7.94. The van der Waals surface area contributed by atoms with Gasteiger partial charge in [-0.15, -0.1) is 11.3 Å². The summed E-state index contributed by atoms with van der Waals surface area (Å²) in [6.07, 6.45) is 0. The average molecular weight is 401 g/mol. The minimum Gasteiger partial charge on any atom is -0.325 e. The van der Waals surface area contributed by atoms with Gasteiger partial charge in [0.05, 0.1) is 5.69 Å². The Balaban J connectivity index is 1.89. The van der Waals surface area contributed by atoms with E-state index in [-0.39, 0.29) is 10.8 Å². The lowest BCUT2D eigenvalue weighted by molar-refractivity contribution is -0.114. The van der Waals surface area contributed by atoms with Crippen molar-refractivity contribution in [1.29, 1.82) is 0 Å². The maximum atomic E-state index is 13.1. The maximum absolute atomic E-state index is 13.1. The quantitative estimate of drug-likeness (QED) is 0.674. The number of sulfonamides is 1. The summed E-state index contributed by atoms with van der Waals surface area (Å²) in [6.45, 7) is 3.57. The Morgan fingerprint density at radius 2 is 1.56 bits per heavy atom. The van der Waals surface area contributed by atoms with Crippen molar-refractivity contribution in [3.63, 3.8) is 0 Å². The van der Waals surface area contributed by atoms with Crippen LogP contribution in [0.25, 0.3) is 0 Å². The van der Waals surface area contributed by atoms with Gasteiger partial charge in [0.2, 0.25) is 5.91 Å². The highest BCUT2D eigenvalue weighted by Crippen LogP contribution is 2.26. The number of rotatable bonds is 6. The number of hydrogen-bond donors (Lipinski definition) is 1. The molecule has 1 aromatic heterocycles. The molecule has 5 nitrogen and oxygen atoms in total. The van der Waals surface area contributed by atoms with E-state index in [1.807, 2.05) is 38.1 Å². The summed E-state index contributed by atoms with van der Waals surface area (Å²) in [5, 5.41) is 4.46. The number of thiophene rings is 1. The topological polar surface area (TPSA) is 66.5 Å². The molecule has 0 unspecified atom stereocenters. The first-order valence-electron chi connectivity index (χ1n) is 8.36. The molecule has 2 aromatic carbocycles. The van der Waals surface area contributed by atoms with Crippen LogP contribution in [0.15, 0.2) is 70.3 Å². The molecular formula is C20H20N2O3S2. The predicted molar refractivity (Wildman–Crippen MR) is 110 cm³/mol. The third kappa shape index (κ3) is 4.56. The standard InChI is InChI=1S/C20H20N2O3S2/c1-15-5-9-17(10-6-15)21-19(23)14-22(18-11-7-16(2)8-12-18)27(24,25)20-4-3-13-26-20/h3-13H,14H2,1-2H3,(H,21,23). The van der Waals surface area contributed by atoms with Crippen molar-refractivity contribution in [2.45, 2.75) is 18.1 Å². The van der Waals surface area contributed by atoms with Crippen molar-refractivity contribution < 1.29 is 13.2 Å². The molecule has 3 rings (SSSR count). The predicted octanol–water partition coefficient (Wildman–Crippen LogP) is 4.20. The van der Waals surface area contributed by atoms with Crippen LogP contribution in [-0.2, 0) is 14.8 Å². The summed E-state index contributed by atoms with van der Waals surface area (Å²) < 4.78 is 27.5. The van der Waals surface area contributed by atoms with Gasteiger partial charge in [0, 0.05) is 5.69 Å². The molecule has 7 heteroatoms. The molecule has 27 heavy (non-hydrogen) atoms. The van der Waals surface area contributed by atoms with E-state index in [0.29, 0.717) is 11.4 Å². The summed E-state index contributed by atoms with van der Waals surface area (Å²) in [5.41, 5.74) is 3.17. The van der Waals surface area contributed by atoms with Gasteiger partial charge in [-0.25, -0.2) is 8.42 Å². The fourth-order valence-corrected chi connectivity index (χ4v) is 5.04. The van der Waals surface area contributed by atoms with Crippen LogP contribution in [0.5, 0.6) is 0 Å². The van der Waals surface area contributed by atoms with Crippen molar-refractivity contribution in [2.24, 2.45) is 0 Å². The van der Waals surface area contributed by atoms with Crippen molar-refractivity contribution in [3.8, 4) is 0 Å². The Bertz CT molecular complexity index is 1010. The van der Waals surface area contributed by atoms with E-state index in [4.69, 9.17) is 0 Å². The highest BCUT2D eigenvalue weighted by atomic mass is 32.2. The summed E-state index contributed by atoms with van der Waals surface area (Å²) in [4.78, 5) is 12.6. The molecule has 0 fully saturated rings. The number of carbonyl (C=O) groups is 1. The second-order valence-electron chi connectivity index (χ2n) is 6.19. The lowest BCUT2D eigenvalue weighted by atomic mass is 10.2. The van der Waals surface area contributed by atoms with Crippen LogP contribution in [0, 0.1) is 13.8 Å². The molecule has 0 saturated carbocycles. The summed E-state index contributed by atoms with van der Waals surface area (Å²) >= 11 is 1.13. The SMILES string of the molecule is Cc1ccc(NC(=O)CN(c2ccc(C)cc2)S(=O)(=O)c2cccs2)cc1. The number of hydrogen-bond acceptors (Lipinski definition) is 4. The molecule has 0 aliphatic heterocycles. The zero-order valence-electron chi connectivity index (χ0n) is 15.0. The minimum absolute atomic E-state index is 0.200. The van der Waals surface area contributed by atoms with Crippen molar-refractivity contribution in [1.82, 2.24) is 0 Å². The molecule has 1 heterocycles. The zero-order chi connectivity index (χ0) is 19.4. The number of nitrogens with zero attached hydrogens (tertiary/aromatic N) is 1. The largest absolute Gasteiger partial charge is 0.325 e. The Hall–Kier alpha value is -2.64. The number of benzene rings is 2. The number of anilines is 2. The monoisotopic (exact) mass is 400 g/mol. The summed E-state index contributed by atoms with van der Waals surface area (Å²) in [6, 6.07) is 17.6. The van der Waals surface area contributed by atoms with Gasteiger partial charge < -0.3 is 5.32 Å². The summed E-state index contributed by atoms with van der Waals surface area (Å²) in [7, 11) is -3.83. The van der Waals surface area contributed by atoms with E-state index in [9.17, 15) is 13.2 Å². The molecule has 1 amide bonds. The molecular weight excluding hydrogens is 380 g/mol. The van der Waals surface area contributed by atoms with Crippen molar-refractivity contribution in [2.75, 3.05) is 16.2 Å². The van der Waals surface area contributed by atoms with Gasteiger partial charge >= 0.3 is 0 Å². The molecule has 0 spiro atoms. The fourth-order valence-electron chi connectivity index (χ4n) is 2.51. The van der Waals surface area contributed by atoms with E-state index in [0.717, 1.165) is 26.8 Å². The first-order chi connectivity index (χ1) is 12.9. The lowest BCUT2D eigenvalue weighted by Crippen LogP contribution is -2.37. The first-order valence-corrected chi connectivity index (χ1v) is 10.7. The number of carbonyl (C=O) groups excluding carboxylic acids is 1. The number of nitrogens with one attached hydrogen (secondary N) is 1. The van der Waals surface area contributed by atoms with Crippen LogP contribution < -0.4 is 9.62 Å². The Morgan fingerprint density at radius 1 is 0.963 bits per heavy atom. The number of amides is 1. The van der Waals surface area contributed by atoms with Crippen molar-refractivity contribution >= 4 is 38.6 Å². The van der Waals surface area contributed by atoms with Gasteiger partial charge in [-0.1, -0.05) is 41.5 Å². The van der Waals surface area contributed by atoms with E-state index in [2.05, 4.69) is 5.32 Å². The van der Waals surface area contributed by atoms with Crippen LogP contribution >= 0.6 is 11.3 Å². The maximum Gasteiger partial charge on any atom is 0.274 e. The third-order valence-electron chi connectivity index (χ3n) is 3.98. The number of aryl methyl sites for hydroxylation is 2. The van der Waals surface area contributed by atoms with Crippen LogP contribution in [0.3, 0.4) is 0 Å². The molecule has 0 radical (unpaired) electrons. The zero-order valence-corrected chi connectivity index (χ0v) is 16.7. The molecule has 140 valence electrons. The van der Waals surface area contributed by atoms with E-state index < -0.39 is 15.9 Å². The van der Waals surface area contributed by atoms with Crippen LogP contribution in [0.4, 0.5) is 11.4 Å². The van der Waals surface area contributed by atoms with E-state index >= 15 is 0 Å². The fraction of sp³-hybridized carbons (Fsp3) is 0.150. The van der Waals surface area contributed by atoms with Gasteiger partial charge in [0.1, 0.15) is 10.8 Å². The average Bonchev–Trinajstić information content (AvgIpc) is 3.18. The minimum atomic E-state index is -3.83. The molecule has 0 atom stereocenters. The van der Waals surface area contributed by atoms with Gasteiger partial charge in [0.25, 0.3) is 10.0 Å². The molecule has 0 bridgehead atoms. The van der Waals surface area contributed by atoms with Crippen LogP contribution in [-0.4, -0.2) is 20.9 Å². The van der Waals surface area contributed by atoms with Crippen LogP contribution in [0.2, 0.25) is 0 Å². The summed E-state index contributed by atoms with van der Waals surface area (Å²) in [5.74, 6) is -0.403. The van der Waals surface area contributed by atoms with E-state index in [1.54, 1.807) is 41.8 Å². The highest BCUT2D eigenvalue weighted by Gasteiger charge is 2.28. The Morgan fingerprint density at radius 3 is 2.11 bits per heavy atom. The van der Waals surface area contributed by atoms with Gasteiger partial charge in [-0.05, 0) is 49.6 Å².